The van der Waals surface area contributed by atoms with Gasteiger partial charge in [0.1, 0.15) is 20.1 Å². The van der Waals surface area contributed by atoms with Gasteiger partial charge in [-0.3, -0.25) is 0 Å². The zero-order valence-corrected chi connectivity index (χ0v) is 10.2. The van der Waals surface area contributed by atoms with E-state index in [2.05, 4.69) is 21.1 Å². The summed E-state index contributed by atoms with van der Waals surface area (Å²) in [4.78, 5) is 10.3. The molecule has 0 fully saturated rings. The van der Waals surface area contributed by atoms with Crippen molar-refractivity contribution in [3.05, 3.63) is 27.1 Å². The van der Waals surface area contributed by atoms with Crippen LogP contribution in [0, 0.1) is 4.91 Å². The summed E-state index contributed by atoms with van der Waals surface area (Å²) in [6.07, 6.45) is 0. The molecule has 1 aromatic carbocycles. The number of hydrogen-bond acceptors (Lipinski definition) is 4. The second-order valence-electron chi connectivity index (χ2n) is 3.05. The predicted octanol–water partition coefficient (Wildman–Crippen LogP) is 0.957. The zero-order chi connectivity index (χ0) is 11.3. The Morgan fingerprint density at radius 3 is 2.87 bits per heavy atom. The Hall–Kier alpha value is -0.875. The van der Waals surface area contributed by atoms with Crippen LogP contribution in [0.2, 0.25) is 0 Å². The normalized spacial score (nSPS) is 10.0. The van der Waals surface area contributed by atoms with E-state index in [1.165, 1.54) is 0 Å². The number of hydrogen-bond donors (Lipinski definition) is 0. The van der Waals surface area contributed by atoms with Crippen molar-refractivity contribution in [2.75, 3.05) is 13.9 Å². The molecule has 80 valence electrons. The lowest BCUT2D eigenvalue weighted by molar-refractivity contribution is 0.0512. The minimum Gasteiger partial charge on any atom is -0.468 e. The molecule has 6 heteroatoms. The van der Waals surface area contributed by atoms with E-state index in [0.29, 0.717) is 5.75 Å². The minimum atomic E-state index is 0.0966. The molecule has 0 aromatic heterocycles. The first-order chi connectivity index (χ1) is 7.19. The summed E-state index contributed by atoms with van der Waals surface area (Å²) in [5, 5.41) is 2.87. The number of methoxy groups -OCH3 is 1. The summed E-state index contributed by atoms with van der Waals surface area (Å²) in [7, 11) is 3.45. The molecule has 0 saturated heterocycles. The van der Waals surface area contributed by atoms with Crippen molar-refractivity contribution in [2.45, 2.75) is 6.54 Å². The fraction of sp³-hybridized carbons (Fsp3) is 0.333. The Kier molecular flexibility index (Phi) is 4.78. The number of halogens is 1. The standard InChI is InChI=1S/C9H11BBrNO3/c1-14-5-15-9-6(4-12-13)2-7(11)3-8(9)10/h2-3H,4-5,10H2,1H3. The molecular weight excluding hydrogens is 261 g/mol. The van der Waals surface area contributed by atoms with E-state index in [-0.39, 0.29) is 13.3 Å². The largest absolute Gasteiger partial charge is 0.468 e. The van der Waals surface area contributed by atoms with Crippen LogP contribution in [0.25, 0.3) is 0 Å². The number of nitrogens with zero attached hydrogens (tertiary/aromatic N) is 1. The van der Waals surface area contributed by atoms with Crippen molar-refractivity contribution in [2.24, 2.45) is 5.18 Å². The molecule has 0 N–H and O–H groups in total. The highest BCUT2D eigenvalue weighted by Crippen LogP contribution is 2.21. The molecular formula is C9H11BBrNO3. The summed E-state index contributed by atoms with van der Waals surface area (Å²) in [5.41, 5.74) is 1.70. The summed E-state index contributed by atoms with van der Waals surface area (Å²) >= 11 is 3.35. The molecule has 0 spiro atoms. The minimum absolute atomic E-state index is 0.0966. The Bertz CT molecular complexity index is 359. The van der Waals surface area contributed by atoms with Gasteiger partial charge in [-0.15, -0.1) is 0 Å². The number of ether oxygens (including phenoxy) is 2. The highest BCUT2D eigenvalue weighted by Gasteiger charge is 2.08. The Labute approximate surface area is 97.5 Å². The van der Waals surface area contributed by atoms with Crippen molar-refractivity contribution in [1.29, 1.82) is 0 Å². The SMILES string of the molecule is Bc1cc(Br)cc(CN=O)c1OCOC. The Balaban J connectivity index is 3.02. The van der Waals surface area contributed by atoms with Crippen molar-refractivity contribution in [1.82, 2.24) is 0 Å². The van der Waals surface area contributed by atoms with E-state index in [4.69, 9.17) is 9.47 Å². The maximum atomic E-state index is 10.3. The third-order valence-corrected chi connectivity index (χ3v) is 2.33. The van der Waals surface area contributed by atoms with Gasteiger partial charge in [-0.25, -0.2) is 0 Å². The van der Waals surface area contributed by atoms with Crippen LogP contribution in [0.1, 0.15) is 5.56 Å². The van der Waals surface area contributed by atoms with Gasteiger partial charge in [0.15, 0.2) is 6.79 Å². The molecule has 4 nitrogen and oxygen atoms in total. The highest BCUT2D eigenvalue weighted by atomic mass is 79.9. The lowest BCUT2D eigenvalue weighted by atomic mass is 9.93. The Morgan fingerprint density at radius 1 is 1.53 bits per heavy atom. The summed E-state index contributed by atoms with van der Waals surface area (Å²) in [6.45, 7) is 0.258. The molecule has 0 unspecified atom stereocenters. The van der Waals surface area contributed by atoms with Gasteiger partial charge in [0, 0.05) is 17.1 Å². The molecule has 1 rings (SSSR count). The fourth-order valence-electron chi connectivity index (χ4n) is 1.31. The molecule has 15 heavy (non-hydrogen) atoms. The second kappa shape index (κ2) is 5.87. The van der Waals surface area contributed by atoms with Crippen molar-refractivity contribution in [3.8, 4) is 5.75 Å². The predicted molar refractivity (Wildman–Crippen MR) is 64.3 cm³/mol. The summed E-state index contributed by atoms with van der Waals surface area (Å²) in [6, 6.07) is 3.73. The van der Waals surface area contributed by atoms with E-state index in [9.17, 15) is 4.91 Å². The molecule has 0 aliphatic rings. The van der Waals surface area contributed by atoms with Gasteiger partial charge in [-0.05, 0) is 11.5 Å². The third kappa shape index (κ3) is 3.32. The molecule has 0 atom stereocenters. The van der Waals surface area contributed by atoms with E-state index in [1.54, 1.807) is 7.11 Å². The van der Waals surface area contributed by atoms with E-state index in [1.807, 2.05) is 20.0 Å². The first kappa shape index (κ1) is 12.2. The molecule has 0 aliphatic carbocycles. The van der Waals surface area contributed by atoms with Gasteiger partial charge in [0.05, 0.1) is 0 Å². The lowest BCUT2D eigenvalue weighted by Gasteiger charge is -2.12. The van der Waals surface area contributed by atoms with E-state index < -0.39 is 0 Å². The van der Waals surface area contributed by atoms with Crippen LogP contribution >= 0.6 is 15.9 Å². The average Bonchev–Trinajstić information content (AvgIpc) is 2.17. The van der Waals surface area contributed by atoms with Crippen LogP contribution in [-0.2, 0) is 11.3 Å². The number of nitroso groups, excluding NO2 is 1. The lowest BCUT2D eigenvalue weighted by Crippen LogP contribution is -2.13. The van der Waals surface area contributed by atoms with Crippen molar-refractivity contribution < 1.29 is 9.47 Å². The molecule has 0 heterocycles. The second-order valence-corrected chi connectivity index (χ2v) is 3.96. The summed E-state index contributed by atoms with van der Waals surface area (Å²) < 4.78 is 11.1. The molecule has 0 aliphatic heterocycles. The molecule has 0 saturated carbocycles. The summed E-state index contributed by atoms with van der Waals surface area (Å²) in [5.74, 6) is 0.666. The maximum absolute atomic E-state index is 10.3. The van der Waals surface area contributed by atoms with Gasteiger partial charge in [-0.1, -0.05) is 27.2 Å². The number of benzene rings is 1. The quantitative estimate of drug-likeness (QED) is 0.455. The topological polar surface area (TPSA) is 47.9 Å². The van der Waals surface area contributed by atoms with Gasteiger partial charge in [-0.2, -0.15) is 4.91 Å². The van der Waals surface area contributed by atoms with Crippen LogP contribution in [0.3, 0.4) is 0 Å². The van der Waals surface area contributed by atoms with Crippen molar-refractivity contribution >= 4 is 29.2 Å². The van der Waals surface area contributed by atoms with Gasteiger partial charge < -0.3 is 9.47 Å². The zero-order valence-electron chi connectivity index (χ0n) is 8.62. The number of rotatable bonds is 5. The van der Waals surface area contributed by atoms with Gasteiger partial charge in [0.2, 0.25) is 0 Å². The van der Waals surface area contributed by atoms with Crippen LogP contribution in [0.4, 0.5) is 0 Å². The van der Waals surface area contributed by atoms with Crippen LogP contribution < -0.4 is 10.2 Å². The van der Waals surface area contributed by atoms with Gasteiger partial charge in [0.25, 0.3) is 0 Å². The van der Waals surface area contributed by atoms with Crippen LogP contribution in [0.5, 0.6) is 5.75 Å². The van der Waals surface area contributed by atoms with Gasteiger partial charge >= 0.3 is 0 Å². The third-order valence-electron chi connectivity index (χ3n) is 1.87. The van der Waals surface area contributed by atoms with Crippen LogP contribution in [0.15, 0.2) is 21.8 Å². The van der Waals surface area contributed by atoms with E-state index >= 15 is 0 Å². The fourth-order valence-corrected chi connectivity index (χ4v) is 1.93. The highest BCUT2D eigenvalue weighted by molar-refractivity contribution is 9.10. The molecule has 0 bridgehead atoms. The maximum Gasteiger partial charge on any atom is 0.188 e. The molecule has 1 aromatic rings. The first-order valence-electron chi connectivity index (χ1n) is 4.39. The van der Waals surface area contributed by atoms with Crippen molar-refractivity contribution in [3.63, 3.8) is 0 Å². The monoisotopic (exact) mass is 271 g/mol. The molecule has 0 amide bonds. The van der Waals surface area contributed by atoms with Crippen LogP contribution in [-0.4, -0.2) is 21.7 Å². The first-order valence-corrected chi connectivity index (χ1v) is 5.18. The Morgan fingerprint density at radius 2 is 2.27 bits per heavy atom. The smallest absolute Gasteiger partial charge is 0.188 e. The average molecular weight is 272 g/mol. The molecule has 0 radical (unpaired) electrons. The van der Waals surface area contributed by atoms with E-state index in [0.717, 1.165) is 15.5 Å².